The lowest BCUT2D eigenvalue weighted by Gasteiger charge is -2.43. The van der Waals surface area contributed by atoms with Crippen molar-refractivity contribution in [2.45, 2.75) is 24.6 Å². The number of nitrogens with one attached hydrogen (secondary N) is 2. The number of hydrogen-bond acceptors (Lipinski definition) is 5. The molecule has 0 atom stereocenters. The molecule has 0 saturated carbocycles. The molecule has 1 spiro atoms. The summed E-state index contributed by atoms with van der Waals surface area (Å²) < 4.78 is 68.8. The predicted molar refractivity (Wildman–Crippen MR) is 136 cm³/mol. The van der Waals surface area contributed by atoms with E-state index in [1.165, 1.54) is 35.6 Å². The minimum atomic E-state index is -4.93. The Labute approximate surface area is 229 Å². The number of aromatic amines is 1. The van der Waals surface area contributed by atoms with Gasteiger partial charge >= 0.3 is 6.18 Å². The molecule has 4 heterocycles. The van der Waals surface area contributed by atoms with Crippen LogP contribution in [-0.2, 0) is 11.0 Å². The van der Waals surface area contributed by atoms with Crippen LogP contribution in [0.2, 0.25) is 0 Å². The van der Waals surface area contributed by atoms with Crippen molar-refractivity contribution in [3.63, 3.8) is 0 Å². The van der Waals surface area contributed by atoms with Gasteiger partial charge in [-0.2, -0.15) is 18.3 Å². The van der Waals surface area contributed by atoms with Gasteiger partial charge in [0.15, 0.2) is 5.69 Å². The number of alkyl halides is 3. The molecule has 14 heteroatoms. The molecule has 4 aromatic rings. The molecule has 6 rings (SSSR count). The predicted octanol–water partition coefficient (Wildman–Crippen LogP) is 4.13. The zero-order valence-electron chi connectivity index (χ0n) is 21.3. The average molecular weight is 572 g/mol. The molecule has 2 aliphatic heterocycles. The first-order chi connectivity index (χ1) is 19.6. The van der Waals surface area contributed by atoms with E-state index >= 15 is 0 Å². The fourth-order valence-corrected chi connectivity index (χ4v) is 5.42. The van der Waals surface area contributed by atoms with Crippen molar-refractivity contribution >= 4 is 17.5 Å². The molecule has 2 N–H and O–H groups in total. The topological polar surface area (TPSA) is 99.1 Å². The number of benzene rings is 2. The van der Waals surface area contributed by atoms with Crippen LogP contribution in [0.3, 0.4) is 0 Å². The molecule has 41 heavy (non-hydrogen) atoms. The van der Waals surface area contributed by atoms with Gasteiger partial charge in [-0.25, -0.2) is 18.4 Å². The highest BCUT2D eigenvalue weighted by Gasteiger charge is 2.51. The van der Waals surface area contributed by atoms with Crippen LogP contribution < -0.4 is 10.2 Å². The highest BCUT2D eigenvalue weighted by Crippen LogP contribution is 2.37. The quantitative estimate of drug-likeness (QED) is 0.359. The number of imidazole rings is 1. The first-order valence-corrected chi connectivity index (χ1v) is 12.6. The summed E-state index contributed by atoms with van der Waals surface area (Å²) in [6.45, 7) is 0.643. The first kappa shape index (κ1) is 26.5. The number of amides is 2. The van der Waals surface area contributed by atoms with Gasteiger partial charge in [0.2, 0.25) is 5.91 Å². The van der Waals surface area contributed by atoms with Crippen LogP contribution in [0, 0.1) is 11.6 Å². The van der Waals surface area contributed by atoms with Crippen molar-refractivity contribution in [2.24, 2.45) is 0 Å². The van der Waals surface area contributed by atoms with E-state index < -0.39 is 34.8 Å². The minimum absolute atomic E-state index is 0.0466. The Kier molecular flexibility index (Phi) is 6.27. The van der Waals surface area contributed by atoms with Crippen LogP contribution in [0.5, 0.6) is 0 Å². The highest BCUT2D eigenvalue weighted by atomic mass is 19.4. The number of carbonyl (C=O) groups is 2. The van der Waals surface area contributed by atoms with Gasteiger partial charge in [-0.05, 0) is 61.4 Å². The van der Waals surface area contributed by atoms with Crippen LogP contribution in [0.1, 0.15) is 28.9 Å². The molecule has 2 aliphatic rings. The molecule has 2 amide bonds. The molecule has 2 aromatic heterocycles. The third kappa shape index (κ3) is 4.58. The number of halogens is 5. The zero-order chi connectivity index (χ0) is 28.9. The fraction of sp³-hybridized carbons (Fsp3) is 0.259. The summed E-state index contributed by atoms with van der Waals surface area (Å²) in [6.07, 6.45) is -1.56. The van der Waals surface area contributed by atoms with Gasteiger partial charge in [0.25, 0.3) is 5.91 Å². The van der Waals surface area contributed by atoms with Gasteiger partial charge in [-0.3, -0.25) is 9.59 Å². The van der Waals surface area contributed by atoms with Gasteiger partial charge in [0, 0.05) is 18.8 Å². The summed E-state index contributed by atoms with van der Waals surface area (Å²) in [5.41, 5.74) is -1.23. The van der Waals surface area contributed by atoms with Crippen LogP contribution in [0.4, 0.5) is 27.6 Å². The smallest absolute Gasteiger partial charge is 0.343 e. The van der Waals surface area contributed by atoms with E-state index in [2.05, 4.69) is 20.4 Å². The lowest BCUT2D eigenvalue weighted by molar-refractivity contribution is -0.140. The average Bonchev–Trinajstić information content (AvgIpc) is 3.70. The Morgan fingerprint density at radius 1 is 0.976 bits per heavy atom. The normalized spacial score (nSPS) is 16.9. The molecule has 2 fully saturated rings. The number of H-pyrrole nitrogens is 1. The fourth-order valence-electron chi connectivity index (χ4n) is 5.42. The maximum atomic E-state index is 14.0. The molecule has 0 unspecified atom stereocenters. The summed E-state index contributed by atoms with van der Waals surface area (Å²) in [4.78, 5) is 36.7. The van der Waals surface area contributed by atoms with Crippen molar-refractivity contribution < 1.29 is 31.5 Å². The second kappa shape index (κ2) is 9.71. The number of carbonyl (C=O) groups excluding carboxylic acids is 2. The van der Waals surface area contributed by atoms with Crippen molar-refractivity contribution in [1.29, 1.82) is 0 Å². The van der Waals surface area contributed by atoms with Crippen LogP contribution in [-0.4, -0.2) is 61.8 Å². The van der Waals surface area contributed by atoms with E-state index in [0.29, 0.717) is 36.4 Å². The number of hydrogen-bond donors (Lipinski definition) is 2. The van der Waals surface area contributed by atoms with E-state index in [4.69, 9.17) is 0 Å². The van der Waals surface area contributed by atoms with Crippen molar-refractivity contribution in [2.75, 3.05) is 24.7 Å². The Balaban J connectivity index is 1.28. The Morgan fingerprint density at radius 3 is 2.34 bits per heavy atom. The number of anilines is 1. The largest absolute Gasteiger partial charge is 0.419 e. The number of aromatic nitrogens is 4. The Hall–Kier alpha value is -4.75. The minimum Gasteiger partial charge on any atom is -0.343 e. The van der Waals surface area contributed by atoms with Crippen molar-refractivity contribution in [3.05, 3.63) is 83.9 Å². The Morgan fingerprint density at radius 2 is 1.68 bits per heavy atom. The standard InChI is InChI=1S/C27H22F5N7O2/c28-16-1-3-17(4-2-16)38-15-35-25(41)26(38)7-9-37(10-8-26)24(40)21-12-23(22-13-33-14-34-22)39(36-21)18-5-6-20(29)19(11-18)27(30,31)32/h1-6,11-14H,7-10,15H2,(H,33,34)(H,35,41). The molecule has 0 aliphatic carbocycles. The summed E-state index contributed by atoms with van der Waals surface area (Å²) in [6, 6.07) is 9.71. The SMILES string of the molecule is O=C(c1cc(-c2cnc[nH]2)n(-c2ccc(F)c(C(F)(F)F)c2)n1)N1CCC2(CC1)C(=O)NCN2c1ccc(F)cc1. The van der Waals surface area contributed by atoms with Gasteiger partial charge in [-0.15, -0.1) is 0 Å². The molecule has 0 bridgehead atoms. The van der Waals surface area contributed by atoms with E-state index in [1.54, 1.807) is 12.1 Å². The highest BCUT2D eigenvalue weighted by molar-refractivity contribution is 5.96. The molecule has 212 valence electrons. The van der Waals surface area contributed by atoms with Gasteiger partial charge in [0.1, 0.15) is 17.2 Å². The van der Waals surface area contributed by atoms with Crippen LogP contribution in [0.15, 0.2) is 61.1 Å². The maximum Gasteiger partial charge on any atom is 0.419 e. The van der Waals surface area contributed by atoms with Gasteiger partial charge in [-0.1, -0.05) is 0 Å². The monoisotopic (exact) mass is 571 g/mol. The number of nitrogens with zero attached hydrogens (tertiary/aromatic N) is 5. The molecule has 0 radical (unpaired) electrons. The number of likely N-dealkylation sites (tertiary alicyclic amines) is 1. The molecule has 9 nitrogen and oxygen atoms in total. The zero-order valence-corrected chi connectivity index (χ0v) is 21.3. The molecule has 2 saturated heterocycles. The maximum absolute atomic E-state index is 14.0. The van der Waals surface area contributed by atoms with Gasteiger partial charge in [0.05, 0.1) is 41.8 Å². The third-order valence-electron chi connectivity index (χ3n) is 7.56. The Bertz CT molecular complexity index is 1610. The molecular formula is C27H22F5N7O2. The second-order valence-electron chi connectivity index (χ2n) is 9.85. The van der Waals surface area contributed by atoms with Crippen molar-refractivity contribution in [1.82, 2.24) is 30.0 Å². The second-order valence-corrected chi connectivity index (χ2v) is 9.85. The number of piperidine rings is 1. The van der Waals surface area contributed by atoms with E-state index in [9.17, 15) is 31.5 Å². The lowest BCUT2D eigenvalue weighted by Crippen LogP contribution is -2.57. The molecular weight excluding hydrogens is 549 g/mol. The van der Waals surface area contributed by atoms with E-state index in [1.807, 2.05) is 4.90 Å². The van der Waals surface area contributed by atoms with E-state index in [0.717, 1.165) is 10.7 Å². The summed E-state index contributed by atoms with van der Waals surface area (Å²) >= 11 is 0. The third-order valence-corrected chi connectivity index (χ3v) is 7.56. The summed E-state index contributed by atoms with van der Waals surface area (Å²) in [7, 11) is 0. The van der Waals surface area contributed by atoms with Gasteiger partial charge < -0.3 is 20.1 Å². The van der Waals surface area contributed by atoms with Crippen LogP contribution in [0.25, 0.3) is 17.1 Å². The lowest BCUT2D eigenvalue weighted by atomic mass is 9.85. The van der Waals surface area contributed by atoms with Crippen molar-refractivity contribution in [3.8, 4) is 17.1 Å². The summed E-state index contributed by atoms with van der Waals surface area (Å²) in [5.74, 6) is -2.49. The first-order valence-electron chi connectivity index (χ1n) is 12.6. The number of rotatable bonds is 4. The van der Waals surface area contributed by atoms with E-state index in [-0.39, 0.29) is 42.7 Å². The summed E-state index contributed by atoms with van der Waals surface area (Å²) in [5, 5.41) is 7.14. The van der Waals surface area contributed by atoms with Crippen LogP contribution >= 0.6 is 0 Å². The molecule has 2 aromatic carbocycles.